The minimum atomic E-state index is 0.544. The van der Waals surface area contributed by atoms with Gasteiger partial charge in [-0.1, -0.05) is 11.6 Å². The molecule has 0 saturated heterocycles. The number of thioether (sulfide) groups is 1. The van der Waals surface area contributed by atoms with Crippen LogP contribution in [0.2, 0.25) is 5.15 Å². The molecule has 0 bridgehead atoms. The summed E-state index contributed by atoms with van der Waals surface area (Å²) in [6.07, 6.45) is 5.31. The van der Waals surface area contributed by atoms with Crippen molar-refractivity contribution in [2.45, 2.75) is 10.6 Å². The third-order valence-corrected chi connectivity index (χ3v) is 3.14. The number of hydrogen-bond acceptors (Lipinski definition) is 3. The maximum absolute atomic E-state index is 5.80. The molecule has 0 N–H and O–H groups in total. The van der Waals surface area contributed by atoms with Crippen LogP contribution in [-0.4, -0.2) is 9.97 Å². The molecule has 76 valence electrons. The van der Waals surface area contributed by atoms with Gasteiger partial charge in [0.25, 0.3) is 0 Å². The molecule has 2 aromatic rings. The second-order valence-corrected chi connectivity index (χ2v) is 4.39. The molecule has 0 aliphatic carbocycles. The first-order valence-corrected chi connectivity index (χ1v) is 5.84. The van der Waals surface area contributed by atoms with Crippen LogP contribution in [-0.2, 0) is 5.75 Å². The van der Waals surface area contributed by atoms with Crippen LogP contribution in [0.25, 0.3) is 0 Å². The summed E-state index contributed by atoms with van der Waals surface area (Å²) in [6, 6.07) is 7.84. The van der Waals surface area contributed by atoms with Gasteiger partial charge in [0.15, 0.2) is 0 Å². The first-order valence-electron chi connectivity index (χ1n) is 4.48. The number of rotatable bonds is 3. The molecule has 2 aromatic heterocycles. The Labute approximate surface area is 97.7 Å². The summed E-state index contributed by atoms with van der Waals surface area (Å²) in [6.45, 7) is 0. The molecule has 0 saturated carbocycles. The van der Waals surface area contributed by atoms with E-state index in [1.807, 2.05) is 24.3 Å². The minimum Gasteiger partial charge on any atom is -0.265 e. The second-order valence-electron chi connectivity index (χ2n) is 2.96. The SMILES string of the molecule is Clc1cc(CSc2ccncc2)ccn1. The molecule has 15 heavy (non-hydrogen) atoms. The van der Waals surface area contributed by atoms with Gasteiger partial charge in [-0.3, -0.25) is 4.98 Å². The first-order chi connectivity index (χ1) is 7.34. The molecule has 4 heteroatoms. The van der Waals surface area contributed by atoms with Gasteiger partial charge >= 0.3 is 0 Å². The van der Waals surface area contributed by atoms with Gasteiger partial charge in [0.05, 0.1) is 0 Å². The summed E-state index contributed by atoms with van der Waals surface area (Å²) < 4.78 is 0. The predicted octanol–water partition coefficient (Wildman–Crippen LogP) is 3.42. The molecule has 0 amide bonds. The Morgan fingerprint density at radius 2 is 1.93 bits per heavy atom. The first kappa shape index (κ1) is 10.5. The number of aromatic nitrogens is 2. The van der Waals surface area contributed by atoms with Crippen LogP contribution in [0.4, 0.5) is 0 Å². The topological polar surface area (TPSA) is 25.8 Å². The number of nitrogens with zero attached hydrogens (tertiary/aromatic N) is 2. The summed E-state index contributed by atoms with van der Waals surface area (Å²) in [5, 5.41) is 0.544. The van der Waals surface area contributed by atoms with E-state index in [-0.39, 0.29) is 0 Å². The molecule has 2 nitrogen and oxygen atoms in total. The van der Waals surface area contributed by atoms with E-state index >= 15 is 0 Å². The standard InChI is InChI=1S/C11H9ClN2S/c12-11-7-9(1-6-14-11)8-15-10-2-4-13-5-3-10/h1-7H,8H2. The lowest BCUT2D eigenvalue weighted by atomic mass is 10.3. The van der Waals surface area contributed by atoms with Gasteiger partial charge in [-0.25, -0.2) is 4.98 Å². The zero-order valence-electron chi connectivity index (χ0n) is 7.93. The molecule has 0 radical (unpaired) electrons. The molecular formula is C11H9ClN2S. The Morgan fingerprint density at radius 3 is 2.67 bits per heavy atom. The van der Waals surface area contributed by atoms with Crippen molar-refractivity contribution in [3.05, 3.63) is 53.6 Å². The van der Waals surface area contributed by atoms with Crippen LogP contribution in [0.15, 0.2) is 47.8 Å². The Hall–Kier alpha value is -1.06. The van der Waals surface area contributed by atoms with Crippen molar-refractivity contribution in [3.63, 3.8) is 0 Å². The Bertz CT molecular complexity index is 434. The fraction of sp³-hybridized carbons (Fsp3) is 0.0909. The van der Waals surface area contributed by atoms with Gasteiger partial charge in [-0.15, -0.1) is 11.8 Å². The van der Waals surface area contributed by atoms with Gasteiger partial charge < -0.3 is 0 Å². The Balaban J connectivity index is 1.99. The third kappa shape index (κ3) is 3.22. The summed E-state index contributed by atoms with van der Waals surface area (Å²) in [5.41, 5.74) is 1.18. The van der Waals surface area contributed by atoms with Crippen molar-refractivity contribution in [1.82, 2.24) is 9.97 Å². The smallest absolute Gasteiger partial charge is 0.129 e. The zero-order chi connectivity index (χ0) is 10.5. The van der Waals surface area contributed by atoms with E-state index in [0.29, 0.717) is 5.15 Å². The van der Waals surface area contributed by atoms with Crippen molar-refractivity contribution in [1.29, 1.82) is 0 Å². The molecule has 0 atom stereocenters. The van der Waals surface area contributed by atoms with Gasteiger partial charge in [0, 0.05) is 29.2 Å². The largest absolute Gasteiger partial charge is 0.265 e. The minimum absolute atomic E-state index is 0.544. The summed E-state index contributed by atoms with van der Waals surface area (Å²) in [7, 11) is 0. The highest BCUT2D eigenvalue weighted by atomic mass is 35.5. The van der Waals surface area contributed by atoms with E-state index in [9.17, 15) is 0 Å². The van der Waals surface area contributed by atoms with Crippen molar-refractivity contribution >= 4 is 23.4 Å². The maximum Gasteiger partial charge on any atom is 0.129 e. The average Bonchev–Trinajstić information content (AvgIpc) is 2.28. The van der Waals surface area contributed by atoms with Crippen molar-refractivity contribution in [2.75, 3.05) is 0 Å². The second kappa shape index (κ2) is 5.14. The highest BCUT2D eigenvalue weighted by Crippen LogP contribution is 2.22. The number of halogens is 1. The lowest BCUT2D eigenvalue weighted by Gasteiger charge is -2.01. The van der Waals surface area contributed by atoms with Crippen LogP contribution in [0.1, 0.15) is 5.56 Å². The Morgan fingerprint density at radius 1 is 1.13 bits per heavy atom. The summed E-state index contributed by atoms with van der Waals surface area (Å²) in [4.78, 5) is 9.12. The Kier molecular flexibility index (Phi) is 3.59. The van der Waals surface area contributed by atoms with Crippen molar-refractivity contribution in [3.8, 4) is 0 Å². The van der Waals surface area contributed by atoms with Crippen LogP contribution >= 0.6 is 23.4 Å². The normalized spacial score (nSPS) is 10.2. The van der Waals surface area contributed by atoms with E-state index in [1.165, 1.54) is 10.5 Å². The summed E-state index contributed by atoms with van der Waals surface area (Å²) in [5.74, 6) is 0.895. The fourth-order valence-corrected chi connectivity index (χ4v) is 2.16. The van der Waals surface area contributed by atoms with Crippen LogP contribution < -0.4 is 0 Å². The quantitative estimate of drug-likeness (QED) is 0.603. The monoisotopic (exact) mass is 236 g/mol. The zero-order valence-corrected chi connectivity index (χ0v) is 9.50. The lowest BCUT2D eigenvalue weighted by molar-refractivity contribution is 1.25. The molecule has 0 aliphatic rings. The number of hydrogen-bond donors (Lipinski definition) is 0. The van der Waals surface area contributed by atoms with E-state index in [1.54, 1.807) is 30.4 Å². The van der Waals surface area contributed by atoms with E-state index < -0.39 is 0 Å². The molecule has 0 unspecified atom stereocenters. The van der Waals surface area contributed by atoms with Crippen LogP contribution in [0, 0.1) is 0 Å². The van der Waals surface area contributed by atoms with Crippen LogP contribution in [0.3, 0.4) is 0 Å². The highest BCUT2D eigenvalue weighted by molar-refractivity contribution is 7.98. The lowest BCUT2D eigenvalue weighted by Crippen LogP contribution is -1.82. The number of pyridine rings is 2. The van der Waals surface area contributed by atoms with Gasteiger partial charge in [0.2, 0.25) is 0 Å². The molecule has 2 rings (SSSR count). The summed E-state index contributed by atoms with van der Waals surface area (Å²) >= 11 is 7.55. The van der Waals surface area contributed by atoms with Crippen LogP contribution in [0.5, 0.6) is 0 Å². The molecule has 0 aromatic carbocycles. The maximum atomic E-state index is 5.80. The van der Waals surface area contributed by atoms with E-state index in [4.69, 9.17) is 11.6 Å². The predicted molar refractivity (Wildman–Crippen MR) is 63.0 cm³/mol. The average molecular weight is 237 g/mol. The van der Waals surface area contributed by atoms with Gasteiger partial charge in [-0.05, 0) is 29.8 Å². The van der Waals surface area contributed by atoms with Crippen molar-refractivity contribution in [2.24, 2.45) is 0 Å². The molecule has 0 spiro atoms. The molecule has 2 heterocycles. The molecular weight excluding hydrogens is 228 g/mol. The van der Waals surface area contributed by atoms with Gasteiger partial charge in [0.1, 0.15) is 5.15 Å². The van der Waals surface area contributed by atoms with Crippen molar-refractivity contribution < 1.29 is 0 Å². The third-order valence-electron chi connectivity index (χ3n) is 1.85. The highest BCUT2D eigenvalue weighted by Gasteiger charge is 1.97. The van der Waals surface area contributed by atoms with E-state index in [2.05, 4.69) is 9.97 Å². The van der Waals surface area contributed by atoms with E-state index in [0.717, 1.165) is 5.75 Å². The van der Waals surface area contributed by atoms with Gasteiger partial charge in [-0.2, -0.15) is 0 Å². The molecule has 0 aliphatic heterocycles. The molecule has 0 fully saturated rings. The fourth-order valence-electron chi connectivity index (χ4n) is 1.13.